The molecule has 0 bridgehead atoms. The first-order valence-corrected chi connectivity index (χ1v) is 34.7. The van der Waals surface area contributed by atoms with Crippen LogP contribution in [-0.2, 0) is 105 Å². The first-order chi connectivity index (χ1) is 26.0. The molecule has 0 atom stereocenters. The molecule has 0 saturated carbocycles. The number of rotatable bonds is 7. The minimum absolute atomic E-state index is 0. The zero-order valence-electron chi connectivity index (χ0n) is 28.8. The zero-order valence-corrected chi connectivity index (χ0v) is 46.6. The normalized spacial score (nSPS) is 11.5. The molecule has 2 rings (SSSR count). The Hall–Kier alpha value is 1.63. The van der Waals surface area contributed by atoms with E-state index in [4.69, 9.17) is 5.73 Å². The van der Waals surface area contributed by atoms with Crippen molar-refractivity contribution in [3.8, 4) is 11.5 Å². The number of hydrogen-bond acceptors (Lipinski definition) is 7. The Bertz CT molecular complexity index is 1570. The average molecular weight is 1660 g/mol. The fraction of sp³-hybridized carbons (Fsp3) is 0.423. The summed E-state index contributed by atoms with van der Waals surface area (Å²) in [4.78, 5) is 30.5. The molecule has 343 valence electrons. The molecule has 0 aliphatic heterocycles. The van der Waals surface area contributed by atoms with Crippen molar-refractivity contribution in [2.45, 2.75) is 70.0 Å². The fourth-order valence-corrected chi connectivity index (χ4v) is 3.20. The average Bonchev–Trinajstić information content (AvgIpc) is 3.00. The van der Waals surface area contributed by atoms with Crippen molar-refractivity contribution in [2.24, 2.45) is 0 Å². The minimum Gasteiger partial charge on any atom is 0 e. The Kier molecular flexibility index (Phi) is 37.2. The van der Waals surface area contributed by atoms with Gasteiger partial charge in [-0.1, -0.05) is 11.1 Å². The van der Waals surface area contributed by atoms with Crippen molar-refractivity contribution in [3.05, 3.63) is 47.5 Å². The predicted molar refractivity (Wildman–Crippen MR) is 191 cm³/mol. The summed E-state index contributed by atoms with van der Waals surface area (Å²) < 4.78 is 238. The van der Waals surface area contributed by atoms with E-state index in [2.05, 4.69) is 91.4 Å². The maximum atomic E-state index is 13.8. The third kappa shape index (κ3) is 24.4. The molecule has 0 aliphatic rings. The van der Waals surface area contributed by atoms with E-state index in [-0.39, 0.29) is 89.7 Å². The standard InChI is InChI=1S/C12H7F9NO2.C10H5F9NO.C4H6O3.I3.2HI.V.2Y/c1-5(23)22-7-3-2-6(4-8(7)24-9(13)14)10(15,11(16,17)18)12(19,20)21;11-7(12)21-6-3-4(1-2-5(6)20)8(13,9(14,15)16)10(17,18)19;1-3(5)7-4(2)6;1-3-2;;;;;/h2,4,9H,1H3,(H,22,23);1,3,7H,20H2;1-2H3;;2*1H;;;/q2*-1;;-1;;;+2;;/p-2. The number of esters is 2. The molecule has 60 heavy (non-hydrogen) atoms. The number of carbonyl (C=O) groups is 3. The molecule has 2 aromatic rings. The van der Waals surface area contributed by atoms with Crippen LogP contribution in [0.3, 0.4) is 0 Å². The van der Waals surface area contributed by atoms with E-state index in [1.807, 2.05) is 0 Å². The van der Waals surface area contributed by atoms with Crippen molar-refractivity contribution in [1.82, 2.24) is 0 Å². The fourth-order valence-electron chi connectivity index (χ4n) is 3.20. The molecule has 1 amide bonds. The van der Waals surface area contributed by atoms with Gasteiger partial charge in [0.1, 0.15) is 0 Å². The van der Waals surface area contributed by atoms with Gasteiger partial charge < -0.3 is 25.3 Å². The van der Waals surface area contributed by atoms with Crippen LogP contribution in [0.2, 0.25) is 0 Å². The summed E-state index contributed by atoms with van der Waals surface area (Å²) in [6.07, 6.45) is -25.6. The summed E-state index contributed by atoms with van der Waals surface area (Å²) >= 11 is 10.0. The first kappa shape index (κ1) is 70.6. The third-order valence-electron chi connectivity index (χ3n) is 5.22. The molecule has 0 heterocycles. The second kappa shape index (κ2) is 31.6. The molecule has 0 aliphatic carbocycles. The van der Waals surface area contributed by atoms with Gasteiger partial charge in [0.2, 0.25) is 5.91 Å². The Morgan fingerprint density at radius 1 is 0.667 bits per heavy atom. The molecule has 3 N–H and O–H groups in total. The number of hydrogen-bond donors (Lipinski definition) is 2. The van der Waals surface area contributed by atoms with E-state index in [1.165, 1.54) is 13.8 Å². The van der Waals surface area contributed by atoms with Gasteiger partial charge in [-0.2, -0.15) is 94.5 Å². The van der Waals surface area contributed by atoms with Crippen molar-refractivity contribution in [3.63, 3.8) is 0 Å². The van der Waals surface area contributed by atoms with Crippen molar-refractivity contribution < 1.29 is 196 Å². The number of nitrogens with two attached hydrogens (primary N) is 1. The summed E-state index contributed by atoms with van der Waals surface area (Å²) in [5.41, 5.74) is -12.3. The molecular weight excluding hydrogens is 1640 g/mol. The Morgan fingerprint density at radius 2 is 0.950 bits per heavy atom. The van der Waals surface area contributed by atoms with Gasteiger partial charge in [0.25, 0.3) is 11.3 Å². The molecule has 0 saturated heterocycles. The number of carbonyl (C=O) groups excluding carboxylic acids is 3. The van der Waals surface area contributed by atoms with Crippen LogP contribution in [-0.4, -0.2) is 55.8 Å². The van der Waals surface area contributed by atoms with Gasteiger partial charge in [-0.3, -0.25) is 14.4 Å². The van der Waals surface area contributed by atoms with Crippen molar-refractivity contribution in [2.75, 3.05) is 11.1 Å². The summed E-state index contributed by atoms with van der Waals surface area (Å²) in [6.45, 7) is -4.00. The number of nitrogens with one attached hydrogen (secondary N) is 1. The third-order valence-corrected chi connectivity index (χ3v) is 5.22. The van der Waals surface area contributed by atoms with Gasteiger partial charge in [0.15, 0.2) is 0 Å². The van der Waals surface area contributed by atoms with Crippen LogP contribution in [0.1, 0.15) is 31.9 Å². The van der Waals surface area contributed by atoms with Gasteiger partial charge in [-0.25, -0.2) is 8.78 Å². The Balaban J connectivity index is -0.000000255. The molecule has 0 fully saturated rings. The van der Waals surface area contributed by atoms with E-state index in [0.717, 1.165) is 6.92 Å². The van der Waals surface area contributed by atoms with E-state index in [9.17, 15) is 93.4 Å². The van der Waals surface area contributed by atoms with Gasteiger partial charge in [0, 0.05) is 97.7 Å². The smallest absolute Gasteiger partial charge is 0 e. The Labute approximate surface area is 435 Å². The van der Waals surface area contributed by atoms with Crippen LogP contribution in [0.5, 0.6) is 11.5 Å². The summed E-state index contributed by atoms with van der Waals surface area (Å²) in [6, 6.07) is 2.74. The minimum atomic E-state index is -6.43. The quantitative estimate of drug-likeness (QED) is 0.0711. The number of alkyl halides is 18. The number of anilines is 2. The van der Waals surface area contributed by atoms with Crippen LogP contribution >= 0.6 is 77.2 Å². The van der Waals surface area contributed by atoms with Gasteiger partial charge in [0.05, 0.1) is 0 Å². The monoisotopic (exact) mass is 1660 g/mol. The number of halogens is 23. The van der Waals surface area contributed by atoms with Crippen molar-refractivity contribution in [1.29, 1.82) is 0 Å². The van der Waals surface area contributed by atoms with Gasteiger partial charge in [-0.15, -0.1) is 12.1 Å². The first-order valence-electron chi connectivity index (χ1n) is 13.1. The maximum Gasteiger partial charge on any atom is 0 e. The van der Waals surface area contributed by atoms with Gasteiger partial charge in [-0.05, 0) is 11.4 Å². The summed E-state index contributed by atoms with van der Waals surface area (Å²) in [5.74, 6) is -4.59. The molecule has 2 radical (unpaired) electrons. The second-order valence-electron chi connectivity index (χ2n) is 9.24. The molecule has 34 heteroatoms. The number of amides is 1. The van der Waals surface area contributed by atoms with Crippen LogP contribution in [0.4, 0.5) is 90.4 Å². The van der Waals surface area contributed by atoms with Crippen LogP contribution in [0, 0.1) is 12.1 Å². The van der Waals surface area contributed by atoms with Crippen molar-refractivity contribution >= 4 is 106 Å². The molecule has 2 aromatic carbocycles. The van der Waals surface area contributed by atoms with E-state index in [1.54, 1.807) is 17.4 Å². The van der Waals surface area contributed by atoms with Crippen LogP contribution < -0.4 is 33.8 Å². The summed E-state index contributed by atoms with van der Waals surface area (Å²) in [5, 5.41) is 1.80. The van der Waals surface area contributed by atoms with E-state index < -0.39 is 101 Å². The number of ether oxygens (including phenoxy) is 3. The molecule has 0 spiro atoms. The SMILES string of the molecule is CC(=O)Nc1[c-]cc(C(F)(C(F)(F)F)C(F)(F)F)cc1OC(F)F.CC(=O)OC(C)=O.I[I-]I.Nc1[c-]cc(C(F)(C(F)(F)F)C(F)(F)F)cc1OC(F)F.[I][V][I].[Y].[Y]. The van der Waals surface area contributed by atoms with E-state index >= 15 is 0 Å². The van der Waals surface area contributed by atoms with Crippen LogP contribution in [0.15, 0.2) is 24.3 Å². The second-order valence-corrected chi connectivity index (χ2v) is 37.3. The predicted octanol–water partition coefficient (Wildman–Crippen LogP) is 8.93. The largest absolute Gasteiger partial charge is 0 e. The Morgan fingerprint density at radius 3 is 1.20 bits per heavy atom. The number of nitrogen functional groups attached to an aromatic ring is 1. The molecule has 8 nitrogen and oxygen atoms in total. The topological polar surface area (TPSA) is 117 Å². The molecule has 0 unspecified atom stereocenters. The van der Waals surface area contributed by atoms with Crippen LogP contribution in [0.25, 0.3) is 0 Å². The molecular formula is C26H18F18I5N2O6VY2-3. The number of benzene rings is 2. The van der Waals surface area contributed by atoms with E-state index in [0.29, 0.717) is 22.7 Å². The summed E-state index contributed by atoms with van der Waals surface area (Å²) in [7, 11) is 0.628. The maximum absolute atomic E-state index is 13.8. The zero-order chi connectivity index (χ0) is 46.8. The van der Waals surface area contributed by atoms with Gasteiger partial charge >= 0.3 is 150 Å². The molecule has 0 aromatic heterocycles.